The van der Waals surface area contributed by atoms with Gasteiger partial charge in [-0.05, 0) is 55.2 Å². The number of anilines is 3. The Morgan fingerprint density at radius 1 is 1.09 bits per heavy atom. The molecule has 0 aliphatic heterocycles. The number of amides is 2. The molecule has 34 heavy (non-hydrogen) atoms. The average molecular weight is 460 g/mol. The first kappa shape index (κ1) is 22.9. The number of nitrogen functional groups attached to an aromatic ring is 1. The van der Waals surface area contributed by atoms with Gasteiger partial charge in [-0.25, -0.2) is 9.78 Å². The van der Waals surface area contributed by atoms with E-state index in [-0.39, 0.29) is 17.4 Å². The number of nitrogens with two attached hydrogens (primary N) is 1. The van der Waals surface area contributed by atoms with Gasteiger partial charge in [-0.15, -0.1) is 0 Å². The van der Waals surface area contributed by atoms with Gasteiger partial charge in [-0.2, -0.15) is 0 Å². The zero-order chi connectivity index (χ0) is 24.2. The van der Waals surface area contributed by atoms with Gasteiger partial charge in [0.25, 0.3) is 5.91 Å². The lowest BCUT2D eigenvalue weighted by Crippen LogP contribution is -2.32. The summed E-state index contributed by atoms with van der Waals surface area (Å²) >= 11 is 0. The number of nitrogens with one attached hydrogen (secondary N) is 1. The van der Waals surface area contributed by atoms with E-state index in [0.717, 1.165) is 12.8 Å². The van der Waals surface area contributed by atoms with Crippen molar-refractivity contribution in [3.05, 3.63) is 66.0 Å². The molecule has 0 saturated heterocycles. The third-order valence-electron chi connectivity index (χ3n) is 5.58. The van der Waals surface area contributed by atoms with Crippen LogP contribution in [0.15, 0.2) is 54.9 Å². The molecule has 1 aliphatic rings. The Labute approximate surface area is 197 Å². The summed E-state index contributed by atoms with van der Waals surface area (Å²) in [6, 6.07) is 11.8. The second kappa shape index (κ2) is 9.70. The standard InChI is InChI=1S/C25H25N5O4/c1-15(31)30(14-16-3-4-16)22-9-6-17(11-20(22)25(33)34-2)21-8-5-18(12-27-21)24(32)29-19-7-10-23(26)28-13-19/h5-13,16H,3-4,14H2,1-2H3,(H2,26,28)(H,29,32). The molecular weight excluding hydrogens is 434 g/mol. The van der Waals surface area contributed by atoms with Gasteiger partial charge in [0, 0.05) is 25.2 Å². The number of carbonyl (C=O) groups excluding carboxylic acids is 3. The van der Waals surface area contributed by atoms with Gasteiger partial charge in [0.15, 0.2) is 0 Å². The summed E-state index contributed by atoms with van der Waals surface area (Å²) in [4.78, 5) is 47.3. The molecular formula is C25H25N5O4. The Bertz CT molecular complexity index is 1220. The predicted octanol–water partition coefficient (Wildman–Crippen LogP) is 3.53. The fourth-order valence-electron chi connectivity index (χ4n) is 3.54. The molecule has 3 N–H and O–H groups in total. The number of ether oxygens (including phenoxy) is 1. The maximum Gasteiger partial charge on any atom is 0.340 e. The second-order valence-corrected chi connectivity index (χ2v) is 8.15. The van der Waals surface area contributed by atoms with Crippen LogP contribution in [0.1, 0.15) is 40.5 Å². The van der Waals surface area contributed by atoms with Crippen LogP contribution in [0.4, 0.5) is 17.2 Å². The number of benzene rings is 1. The molecule has 174 valence electrons. The van der Waals surface area contributed by atoms with E-state index in [9.17, 15) is 14.4 Å². The zero-order valence-corrected chi connectivity index (χ0v) is 18.9. The molecule has 1 saturated carbocycles. The van der Waals surface area contributed by atoms with Crippen molar-refractivity contribution in [1.29, 1.82) is 0 Å². The van der Waals surface area contributed by atoms with E-state index >= 15 is 0 Å². The minimum absolute atomic E-state index is 0.130. The fourth-order valence-corrected chi connectivity index (χ4v) is 3.54. The molecule has 9 heteroatoms. The summed E-state index contributed by atoms with van der Waals surface area (Å²) in [6.45, 7) is 2.06. The van der Waals surface area contributed by atoms with Crippen molar-refractivity contribution in [2.75, 3.05) is 29.6 Å². The lowest BCUT2D eigenvalue weighted by Gasteiger charge is -2.23. The highest BCUT2D eigenvalue weighted by molar-refractivity contribution is 6.04. The number of pyridine rings is 2. The molecule has 0 unspecified atom stereocenters. The molecule has 2 aromatic heterocycles. The van der Waals surface area contributed by atoms with Gasteiger partial charge in [0.2, 0.25) is 5.91 Å². The largest absolute Gasteiger partial charge is 0.465 e. The van der Waals surface area contributed by atoms with Crippen molar-refractivity contribution in [1.82, 2.24) is 9.97 Å². The topological polar surface area (TPSA) is 128 Å². The quantitative estimate of drug-likeness (QED) is 0.517. The lowest BCUT2D eigenvalue weighted by atomic mass is 10.0. The first-order valence-electron chi connectivity index (χ1n) is 10.9. The molecule has 2 heterocycles. The van der Waals surface area contributed by atoms with E-state index < -0.39 is 5.97 Å². The number of hydrogen-bond donors (Lipinski definition) is 2. The summed E-state index contributed by atoms with van der Waals surface area (Å²) in [5.74, 6) is -0.186. The van der Waals surface area contributed by atoms with E-state index in [2.05, 4.69) is 15.3 Å². The molecule has 1 aliphatic carbocycles. The third-order valence-corrected chi connectivity index (χ3v) is 5.58. The average Bonchev–Trinajstić information content (AvgIpc) is 3.67. The van der Waals surface area contributed by atoms with Crippen LogP contribution in [0.5, 0.6) is 0 Å². The Morgan fingerprint density at radius 2 is 1.88 bits per heavy atom. The Balaban J connectivity index is 1.58. The summed E-state index contributed by atoms with van der Waals surface area (Å²) < 4.78 is 4.97. The lowest BCUT2D eigenvalue weighted by molar-refractivity contribution is -0.116. The van der Waals surface area contributed by atoms with E-state index in [4.69, 9.17) is 10.5 Å². The first-order valence-corrected chi connectivity index (χ1v) is 10.9. The minimum Gasteiger partial charge on any atom is -0.465 e. The maximum atomic E-state index is 12.5. The van der Waals surface area contributed by atoms with Crippen molar-refractivity contribution < 1.29 is 19.1 Å². The maximum absolute atomic E-state index is 12.5. The number of carbonyl (C=O) groups is 3. The second-order valence-electron chi connectivity index (χ2n) is 8.15. The molecule has 4 rings (SSSR count). The highest BCUT2D eigenvalue weighted by atomic mass is 16.5. The van der Waals surface area contributed by atoms with E-state index in [1.807, 2.05) is 0 Å². The Kier molecular flexibility index (Phi) is 6.53. The van der Waals surface area contributed by atoms with Crippen LogP contribution in [-0.4, -0.2) is 41.4 Å². The summed E-state index contributed by atoms with van der Waals surface area (Å²) in [5, 5.41) is 2.73. The van der Waals surface area contributed by atoms with Gasteiger partial charge in [-0.3, -0.25) is 14.6 Å². The third kappa shape index (κ3) is 5.20. The van der Waals surface area contributed by atoms with Crippen molar-refractivity contribution in [2.24, 2.45) is 5.92 Å². The van der Waals surface area contributed by atoms with Crippen LogP contribution in [0, 0.1) is 5.92 Å². The molecule has 0 atom stereocenters. The molecule has 2 amide bonds. The SMILES string of the molecule is COC(=O)c1cc(-c2ccc(C(=O)Nc3ccc(N)nc3)cn2)ccc1N(CC1CC1)C(C)=O. The van der Waals surface area contributed by atoms with Crippen LogP contribution in [-0.2, 0) is 9.53 Å². The summed E-state index contributed by atoms with van der Waals surface area (Å²) in [5.41, 5.74) is 8.47. The van der Waals surface area contributed by atoms with Crippen molar-refractivity contribution in [3.8, 4) is 11.3 Å². The number of nitrogens with zero attached hydrogens (tertiary/aromatic N) is 3. The number of rotatable bonds is 7. The van der Waals surface area contributed by atoms with Crippen molar-refractivity contribution in [3.63, 3.8) is 0 Å². The van der Waals surface area contributed by atoms with Crippen LogP contribution in [0.25, 0.3) is 11.3 Å². The number of methoxy groups -OCH3 is 1. The van der Waals surface area contributed by atoms with Crippen LogP contribution >= 0.6 is 0 Å². The molecule has 0 bridgehead atoms. The van der Waals surface area contributed by atoms with E-state index in [0.29, 0.717) is 46.5 Å². The smallest absolute Gasteiger partial charge is 0.340 e. The predicted molar refractivity (Wildman–Crippen MR) is 128 cm³/mol. The number of aromatic nitrogens is 2. The van der Waals surface area contributed by atoms with Gasteiger partial charge >= 0.3 is 5.97 Å². The summed E-state index contributed by atoms with van der Waals surface area (Å²) in [6.07, 6.45) is 5.08. The molecule has 9 nitrogen and oxygen atoms in total. The monoisotopic (exact) mass is 459 g/mol. The van der Waals surface area contributed by atoms with Gasteiger partial charge in [-0.1, -0.05) is 6.07 Å². The van der Waals surface area contributed by atoms with E-state index in [1.54, 1.807) is 47.4 Å². The summed E-state index contributed by atoms with van der Waals surface area (Å²) in [7, 11) is 1.31. The van der Waals surface area contributed by atoms with Gasteiger partial charge in [0.1, 0.15) is 5.82 Å². The molecule has 1 fully saturated rings. The van der Waals surface area contributed by atoms with Crippen LogP contribution < -0.4 is 16.0 Å². The minimum atomic E-state index is -0.535. The Morgan fingerprint density at radius 3 is 2.47 bits per heavy atom. The fraction of sp³-hybridized carbons (Fsp3) is 0.240. The van der Waals surface area contributed by atoms with Crippen molar-refractivity contribution >= 4 is 35.0 Å². The van der Waals surface area contributed by atoms with Gasteiger partial charge < -0.3 is 20.7 Å². The van der Waals surface area contributed by atoms with Gasteiger partial charge in [0.05, 0.1) is 41.5 Å². The van der Waals surface area contributed by atoms with Crippen molar-refractivity contribution in [2.45, 2.75) is 19.8 Å². The molecule has 0 radical (unpaired) electrons. The number of hydrogen-bond acceptors (Lipinski definition) is 7. The number of esters is 1. The molecule has 3 aromatic rings. The Hall–Kier alpha value is -4.27. The molecule has 0 spiro atoms. The normalized spacial score (nSPS) is 12.6. The highest BCUT2D eigenvalue weighted by Crippen LogP contribution is 2.34. The van der Waals surface area contributed by atoms with E-state index in [1.165, 1.54) is 26.4 Å². The highest BCUT2D eigenvalue weighted by Gasteiger charge is 2.29. The molecule has 1 aromatic carbocycles. The van der Waals surface area contributed by atoms with Crippen LogP contribution in [0.3, 0.4) is 0 Å². The van der Waals surface area contributed by atoms with Crippen LogP contribution in [0.2, 0.25) is 0 Å². The first-order chi connectivity index (χ1) is 16.4. The zero-order valence-electron chi connectivity index (χ0n) is 18.9.